The second kappa shape index (κ2) is 8.07. The normalized spacial score (nSPS) is 13.7. The lowest BCUT2D eigenvalue weighted by atomic mass is 10.0. The quantitative estimate of drug-likeness (QED) is 0.571. The number of H-pyrrole nitrogens is 1. The van der Waals surface area contributed by atoms with E-state index in [9.17, 15) is 9.59 Å². The number of pyridine rings is 1. The molecule has 0 unspecified atom stereocenters. The average molecular weight is 439 g/mol. The minimum absolute atomic E-state index is 0.247. The summed E-state index contributed by atoms with van der Waals surface area (Å²) in [4.78, 5) is 34.6. The number of carbonyl (C=O) groups excluding carboxylic acids is 2. The molecule has 0 bridgehead atoms. The van der Waals surface area contributed by atoms with Crippen molar-refractivity contribution in [1.82, 2.24) is 14.9 Å². The number of aromatic amines is 1. The highest BCUT2D eigenvalue weighted by Crippen LogP contribution is 2.38. The van der Waals surface area contributed by atoms with Crippen LogP contribution in [0.3, 0.4) is 0 Å². The Kier molecular flexibility index (Phi) is 5.45. The van der Waals surface area contributed by atoms with E-state index >= 15 is 0 Å². The summed E-state index contributed by atoms with van der Waals surface area (Å²) in [5, 5.41) is 3.95. The molecule has 0 saturated carbocycles. The lowest BCUT2D eigenvalue weighted by molar-refractivity contribution is 0.0233. The van der Waals surface area contributed by atoms with Crippen molar-refractivity contribution < 1.29 is 14.3 Å². The summed E-state index contributed by atoms with van der Waals surface area (Å²) in [6.07, 6.45) is 3.24. The van der Waals surface area contributed by atoms with Crippen molar-refractivity contribution in [2.75, 3.05) is 11.9 Å². The molecule has 160 valence electrons. The Bertz CT molecular complexity index is 1120. The number of hydrogen-bond acceptors (Lipinski definition) is 5. The topological polar surface area (TPSA) is 87.3 Å². The Balaban J connectivity index is 1.77. The zero-order chi connectivity index (χ0) is 22.2. The number of hydrogen-bond donors (Lipinski definition) is 2. The van der Waals surface area contributed by atoms with E-state index in [-0.39, 0.29) is 6.54 Å². The van der Waals surface area contributed by atoms with Gasteiger partial charge < -0.3 is 15.0 Å². The van der Waals surface area contributed by atoms with Gasteiger partial charge in [0.25, 0.3) is 5.91 Å². The van der Waals surface area contributed by atoms with E-state index in [0.29, 0.717) is 22.7 Å². The maximum absolute atomic E-state index is 13.4. The third-order valence-electron chi connectivity index (χ3n) is 4.82. The number of ether oxygens (including phenoxy) is 1. The van der Waals surface area contributed by atoms with E-state index in [4.69, 9.17) is 16.3 Å². The summed E-state index contributed by atoms with van der Waals surface area (Å²) in [7, 11) is 0. The molecule has 0 fully saturated rings. The van der Waals surface area contributed by atoms with Gasteiger partial charge in [0.05, 0.1) is 16.9 Å². The number of fused-ring (bicyclic) bond motifs is 1. The van der Waals surface area contributed by atoms with Gasteiger partial charge in [-0.05, 0) is 57.2 Å². The van der Waals surface area contributed by atoms with Gasteiger partial charge in [0, 0.05) is 47.3 Å². The highest BCUT2D eigenvalue weighted by Gasteiger charge is 2.36. The van der Waals surface area contributed by atoms with Crippen LogP contribution in [0.1, 0.15) is 36.8 Å². The van der Waals surface area contributed by atoms with Crippen molar-refractivity contribution in [3.05, 3.63) is 65.1 Å². The second-order valence-corrected chi connectivity index (χ2v) is 8.72. The number of carbonyl (C=O) groups is 2. The molecule has 2 N–H and O–H groups in total. The van der Waals surface area contributed by atoms with Crippen LogP contribution in [0.2, 0.25) is 5.02 Å². The SMILES string of the molecule is CC(C)(C)OC(=O)N1CCc2[nH]c(-c3ccncc3)c(Nc3ccc(Cl)cc3)c2C1=O. The molecule has 1 aliphatic heterocycles. The minimum atomic E-state index is -0.692. The molecule has 0 radical (unpaired) electrons. The molecule has 0 saturated heterocycles. The van der Waals surface area contributed by atoms with Crippen molar-refractivity contribution >= 4 is 35.0 Å². The summed E-state index contributed by atoms with van der Waals surface area (Å²) in [6, 6.07) is 10.9. The number of halogens is 1. The van der Waals surface area contributed by atoms with Crippen LogP contribution in [-0.4, -0.2) is 39.0 Å². The lowest BCUT2D eigenvalue weighted by Crippen LogP contribution is -2.44. The Labute approximate surface area is 185 Å². The first-order valence-electron chi connectivity index (χ1n) is 9.95. The highest BCUT2D eigenvalue weighted by molar-refractivity contribution is 6.30. The Morgan fingerprint density at radius 3 is 2.48 bits per heavy atom. The molecule has 2 amide bonds. The van der Waals surface area contributed by atoms with E-state index in [1.807, 2.05) is 24.3 Å². The van der Waals surface area contributed by atoms with Gasteiger partial charge in [-0.2, -0.15) is 0 Å². The van der Waals surface area contributed by atoms with Crippen LogP contribution >= 0.6 is 11.6 Å². The van der Waals surface area contributed by atoms with Crippen LogP contribution < -0.4 is 5.32 Å². The van der Waals surface area contributed by atoms with Crippen LogP contribution in [0.4, 0.5) is 16.2 Å². The van der Waals surface area contributed by atoms with Crippen LogP contribution in [0.25, 0.3) is 11.3 Å². The molecule has 8 heteroatoms. The van der Waals surface area contributed by atoms with E-state index in [1.165, 1.54) is 0 Å². The van der Waals surface area contributed by atoms with Gasteiger partial charge in [-0.15, -0.1) is 0 Å². The van der Waals surface area contributed by atoms with Crippen LogP contribution in [0, 0.1) is 0 Å². The third-order valence-corrected chi connectivity index (χ3v) is 5.07. The molecule has 3 aromatic rings. The summed E-state index contributed by atoms with van der Waals surface area (Å²) in [5.74, 6) is -0.400. The van der Waals surface area contributed by atoms with E-state index in [0.717, 1.165) is 27.5 Å². The smallest absolute Gasteiger partial charge is 0.417 e. The zero-order valence-corrected chi connectivity index (χ0v) is 18.3. The number of benzene rings is 1. The van der Waals surface area contributed by atoms with Crippen molar-refractivity contribution in [2.45, 2.75) is 32.8 Å². The number of anilines is 2. The summed E-state index contributed by atoms with van der Waals surface area (Å²) in [5.41, 5.74) is 3.50. The summed E-state index contributed by atoms with van der Waals surface area (Å²) < 4.78 is 5.44. The molecule has 7 nitrogen and oxygen atoms in total. The van der Waals surface area contributed by atoms with Gasteiger partial charge in [0.2, 0.25) is 0 Å². The third kappa shape index (κ3) is 4.41. The molecule has 0 atom stereocenters. The average Bonchev–Trinajstić information content (AvgIpc) is 3.08. The van der Waals surface area contributed by atoms with Crippen molar-refractivity contribution in [3.8, 4) is 11.3 Å². The fraction of sp³-hybridized carbons (Fsp3) is 0.261. The van der Waals surface area contributed by atoms with Gasteiger partial charge in [0.15, 0.2) is 0 Å². The number of amides is 2. The lowest BCUT2D eigenvalue weighted by Gasteiger charge is -2.29. The number of aromatic nitrogens is 2. The molecule has 3 heterocycles. The molecule has 1 aliphatic rings. The van der Waals surface area contributed by atoms with E-state index < -0.39 is 17.6 Å². The number of nitrogens with one attached hydrogen (secondary N) is 2. The minimum Gasteiger partial charge on any atom is -0.443 e. The first kappa shape index (κ1) is 20.9. The number of imide groups is 1. The van der Waals surface area contributed by atoms with E-state index in [2.05, 4.69) is 15.3 Å². The molecular weight excluding hydrogens is 416 g/mol. The van der Waals surface area contributed by atoms with Crippen LogP contribution in [0.5, 0.6) is 0 Å². The van der Waals surface area contributed by atoms with Gasteiger partial charge in [0.1, 0.15) is 5.60 Å². The first-order chi connectivity index (χ1) is 14.7. The summed E-state index contributed by atoms with van der Waals surface area (Å²) >= 11 is 6.01. The number of rotatable bonds is 3. The maximum Gasteiger partial charge on any atom is 0.417 e. The zero-order valence-electron chi connectivity index (χ0n) is 17.5. The Morgan fingerprint density at radius 2 is 1.84 bits per heavy atom. The predicted octanol–water partition coefficient (Wildman–Crippen LogP) is 5.41. The first-order valence-corrected chi connectivity index (χ1v) is 10.3. The fourth-order valence-electron chi connectivity index (χ4n) is 3.46. The molecule has 2 aromatic heterocycles. The fourth-order valence-corrected chi connectivity index (χ4v) is 3.59. The molecule has 31 heavy (non-hydrogen) atoms. The molecule has 4 rings (SSSR count). The van der Waals surface area contributed by atoms with Crippen LogP contribution in [-0.2, 0) is 11.2 Å². The van der Waals surface area contributed by atoms with Crippen molar-refractivity contribution in [1.29, 1.82) is 0 Å². The molecule has 0 aliphatic carbocycles. The molecule has 0 spiro atoms. The number of nitrogens with zero attached hydrogens (tertiary/aromatic N) is 2. The van der Waals surface area contributed by atoms with Gasteiger partial charge in [-0.1, -0.05) is 11.6 Å². The van der Waals surface area contributed by atoms with Gasteiger partial charge >= 0.3 is 6.09 Å². The standard InChI is InChI=1S/C23H23ClN4O3/c1-23(2,3)31-22(30)28-13-10-17-18(21(28)29)20(26-16-6-4-15(24)5-7-16)19(27-17)14-8-11-25-12-9-14/h4-9,11-12,26-27H,10,13H2,1-3H3. The Morgan fingerprint density at radius 1 is 1.16 bits per heavy atom. The van der Waals surface area contributed by atoms with Gasteiger partial charge in [-0.25, -0.2) is 9.69 Å². The molecule has 1 aromatic carbocycles. The largest absolute Gasteiger partial charge is 0.443 e. The molecular formula is C23H23ClN4O3. The van der Waals surface area contributed by atoms with Crippen LogP contribution in [0.15, 0.2) is 48.8 Å². The summed E-state index contributed by atoms with van der Waals surface area (Å²) in [6.45, 7) is 5.57. The maximum atomic E-state index is 13.4. The highest BCUT2D eigenvalue weighted by atomic mass is 35.5. The van der Waals surface area contributed by atoms with Crippen molar-refractivity contribution in [2.24, 2.45) is 0 Å². The predicted molar refractivity (Wildman–Crippen MR) is 120 cm³/mol. The monoisotopic (exact) mass is 438 g/mol. The van der Waals surface area contributed by atoms with Gasteiger partial charge in [-0.3, -0.25) is 9.78 Å². The second-order valence-electron chi connectivity index (χ2n) is 8.28. The van der Waals surface area contributed by atoms with Crippen molar-refractivity contribution in [3.63, 3.8) is 0 Å². The Hall–Kier alpha value is -3.32. The van der Waals surface area contributed by atoms with E-state index in [1.54, 1.807) is 45.3 Å².